The Bertz CT molecular complexity index is 194. The average Bonchev–Trinajstić information content (AvgIpc) is 2.32. The molecule has 4 heteroatoms. The fourth-order valence-electron chi connectivity index (χ4n) is 0.808. The summed E-state index contributed by atoms with van der Waals surface area (Å²) in [7, 11) is 0. The summed E-state index contributed by atoms with van der Waals surface area (Å²) in [6, 6.07) is 0. The van der Waals surface area contributed by atoms with Gasteiger partial charge in [-0.1, -0.05) is 0 Å². The topological polar surface area (TPSA) is 12.0 Å². The number of hydrogen-bond acceptors (Lipinski definition) is 1. The van der Waals surface area contributed by atoms with Gasteiger partial charge < -0.3 is 0 Å². The van der Waals surface area contributed by atoms with Crippen LogP contribution in [0.25, 0.3) is 0 Å². The van der Waals surface area contributed by atoms with E-state index < -0.39 is 0 Å². The number of hydrogen-bond donors (Lipinski definition) is 1. The van der Waals surface area contributed by atoms with Crippen LogP contribution in [0.4, 0.5) is 0 Å². The second-order valence-electron chi connectivity index (χ2n) is 3.82. The smallest absolute Gasteiger partial charge is 0.147 e. The molecular formula is C9H17Cl2NTi. The molecule has 0 amide bonds. The van der Waals surface area contributed by atoms with Crippen LogP contribution in [0.15, 0.2) is 22.1 Å². The summed E-state index contributed by atoms with van der Waals surface area (Å²) in [5, 5.41) is 0. The zero-order chi connectivity index (χ0) is 8.32. The third-order valence-electron chi connectivity index (χ3n) is 1.37. The molecular weight excluding hydrogens is 241 g/mol. The van der Waals surface area contributed by atoms with Gasteiger partial charge in [0.05, 0.1) is 0 Å². The Balaban J connectivity index is 0. The third kappa shape index (κ3) is 7.78. The van der Waals surface area contributed by atoms with E-state index >= 15 is 0 Å². The van der Waals surface area contributed by atoms with Crippen molar-refractivity contribution in [1.29, 1.82) is 0 Å². The van der Waals surface area contributed by atoms with E-state index in [0.29, 0.717) is 5.54 Å². The molecule has 0 unspecified atom stereocenters. The average molecular weight is 258 g/mol. The SMILES string of the molecule is CC(C)(C)[NH][Ti][C]1=CC=CC1.Cl.Cl. The van der Waals surface area contributed by atoms with Crippen molar-refractivity contribution in [3.05, 3.63) is 22.1 Å². The first-order valence-electron chi connectivity index (χ1n) is 3.97. The molecule has 0 fully saturated rings. The molecule has 1 rings (SSSR count). The molecule has 1 aliphatic rings. The maximum absolute atomic E-state index is 3.58. The van der Waals surface area contributed by atoms with E-state index in [1.807, 2.05) is 0 Å². The molecule has 0 heterocycles. The summed E-state index contributed by atoms with van der Waals surface area (Å²) < 4.78 is 5.19. The van der Waals surface area contributed by atoms with Crippen LogP contribution in [0.1, 0.15) is 27.2 Å². The van der Waals surface area contributed by atoms with Crippen molar-refractivity contribution < 1.29 is 19.4 Å². The Labute approximate surface area is 102 Å². The minimum absolute atomic E-state index is 0. The minimum Gasteiger partial charge on any atom is -0.147 e. The van der Waals surface area contributed by atoms with E-state index in [4.69, 9.17) is 0 Å². The Morgan fingerprint density at radius 3 is 2.31 bits per heavy atom. The Morgan fingerprint density at radius 1 is 1.31 bits per heavy atom. The van der Waals surface area contributed by atoms with Crippen LogP contribution in [0.2, 0.25) is 0 Å². The summed E-state index contributed by atoms with van der Waals surface area (Å²) >= 11 is -0.0486. The van der Waals surface area contributed by atoms with Crippen LogP contribution in [-0.2, 0) is 19.4 Å². The maximum Gasteiger partial charge on any atom is -0.147 e. The van der Waals surface area contributed by atoms with Gasteiger partial charge in [-0.2, -0.15) is 0 Å². The van der Waals surface area contributed by atoms with Crippen LogP contribution >= 0.6 is 24.8 Å². The number of halogens is 2. The van der Waals surface area contributed by atoms with Crippen molar-refractivity contribution >= 4 is 24.8 Å². The van der Waals surface area contributed by atoms with Gasteiger partial charge in [-0.25, -0.2) is 0 Å². The zero-order valence-corrected chi connectivity index (χ0v) is 11.5. The van der Waals surface area contributed by atoms with E-state index in [0.717, 1.165) is 0 Å². The standard InChI is InChI=1S/C5H5.C4H10N.2ClH.Ti/c1-2-4-5-3-1;1-4(2,3)5;;;/h1-3H,4H2;5H,1-3H3;2*1H;/q;-1;;;+1. The van der Waals surface area contributed by atoms with Gasteiger partial charge in [-0.05, 0) is 0 Å². The molecule has 1 N–H and O–H groups in total. The van der Waals surface area contributed by atoms with E-state index in [9.17, 15) is 0 Å². The van der Waals surface area contributed by atoms with Gasteiger partial charge in [0.25, 0.3) is 0 Å². The van der Waals surface area contributed by atoms with Gasteiger partial charge in [-0.15, -0.1) is 24.8 Å². The van der Waals surface area contributed by atoms with Gasteiger partial charge in [0.1, 0.15) is 0 Å². The quantitative estimate of drug-likeness (QED) is 0.750. The normalized spacial score (nSPS) is 14.2. The summed E-state index contributed by atoms with van der Waals surface area (Å²) in [5.41, 5.74) is 0.295. The van der Waals surface area contributed by atoms with Gasteiger partial charge >= 0.3 is 78.0 Å². The molecule has 1 aliphatic carbocycles. The zero-order valence-electron chi connectivity index (χ0n) is 8.26. The minimum atomic E-state index is -0.0486. The summed E-state index contributed by atoms with van der Waals surface area (Å²) in [4.78, 5) is 0. The monoisotopic (exact) mass is 257 g/mol. The first-order valence-corrected chi connectivity index (χ1v) is 5.53. The molecule has 0 aromatic heterocycles. The molecule has 0 saturated carbocycles. The van der Waals surface area contributed by atoms with E-state index in [1.54, 1.807) is 3.88 Å². The van der Waals surface area contributed by atoms with Crippen molar-refractivity contribution in [3.8, 4) is 0 Å². The van der Waals surface area contributed by atoms with E-state index in [1.165, 1.54) is 6.42 Å². The Morgan fingerprint density at radius 2 is 1.92 bits per heavy atom. The first kappa shape index (κ1) is 16.2. The summed E-state index contributed by atoms with van der Waals surface area (Å²) in [5.74, 6) is 0. The predicted molar refractivity (Wildman–Crippen MR) is 59.2 cm³/mol. The number of allylic oxidation sites excluding steroid dienone is 4. The Hall–Kier alpha value is 0.734. The van der Waals surface area contributed by atoms with Gasteiger partial charge in [-0.3, -0.25) is 0 Å². The molecule has 0 radical (unpaired) electrons. The second-order valence-corrected chi connectivity index (χ2v) is 5.61. The van der Waals surface area contributed by atoms with Crippen molar-refractivity contribution in [2.45, 2.75) is 32.7 Å². The van der Waals surface area contributed by atoms with Crippen LogP contribution in [0.5, 0.6) is 0 Å². The molecule has 0 bridgehead atoms. The fraction of sp³-hybridized carbons (Fsp3) is 0.556. The molecule has 1 nitrogen and oxygen atoms in total. The number of nitrogens with one attached hydrogen (secondary N) is 1. The van der Waals surface area contributed by atoms with Gasteiger partial charge in [0, 0.05) is 0 Å². The fourth-order valence-corrected chi connectivity index (χ4v) is 2.27. The molecule has 76 valence electrons. The molecule has 13 heavy (non-hydrogen) atoms. The van der Waals surface area contributed by atoms with Crippen molar-refractivity contribution in [1.82, 2.24) is 3.80 Å². The van der Waals surface area contributed by atoms with Crippen LogP contribution in [0, 0.1) is 0 Å². The maximum atomic E-state index is 3.58. The molecule has 0 spiro atoms. The van der Waals surface area contributed by atoms with E-state index in [2.05, 4.69) is 42.8 Å². The summed E-state index contributed by atoms with van der Waals surface area (Å²) in [6.07, 6.45) is 7.81. The van der Waals surface area contributed by atoms with E-state index in [-0.39, 0.29) is 44.2 Å². The largest absolute Gasteiger partial charge is 0.147 e. The van der Waals surface area contributed by atoms with Crippen LogP contribution < -0.4 is 3.80 Å². The Kier molecular flexibility index (Phi) is 8.81. The summed E-state index contributed by atoms with van der Waals surface area (Å²) in [6.45, 7) is 6.66. The molecule has 0 saturated heterocycles. The van der Waals surface area contributed by atoms with Crippen LogP contribution in [0.3, 0.4) is 0 Å². The van der Waals surface area contributed by atoms with Crippen LogP contribution in [-0.4, -0.2) is 5.54 Å². The van der Waals surface area contributed by atoms with Gasteiger partial charge in [0.15, 0.2) is 0 Å². The van der Waals surface area contributed by atoms with Crippen molar-refractivity contribution in [2.24, 2.45) is 0 Å². The third-order valence-corrected chi connectivity index (χ3v) is 3.82. The second kappa shape index (κ2) is 7.08. The molecule has 0 aromatic carbocycles. The number of rotatable bonds is 2. The first-order chi connectivity index (χ1) is 5.08. The predicted octanol–water partition coefficient (Wildman–Crippen LogP) is 3.06. The van der Waals surface area contributed by atoms with Crippen molar-refractivity contribution in [2.75, 3.05) is 0 Å². The molecule has 0 aromatic rings. The molecule has 0 aliphatic heterocycles. The van der Waals surface area contributed by atoms with Gasteiger partial charge in [0.2, 0.25) is 0 Å². The molecule has 0 atom stereocenters. The van der Waals surface area contributed by atoms with Crippen molar-refractivity contribution in [3.63, 3.8) is 0 Å².